The van der Waals surface area contributed by atoms with Crippen molar-refractivity contribution in [1.29, 1.82) is 0 Å². The lowest BCUT2D eigenvalue weighted by Gasteiger charge is -2.09. The van der Waals surface area contributed by atoms with Crippen LogP contribution in [-0.2, 0) is 13.6 Å². The maximum atomic E-state index is 10.4. The summed E-state index contributed by atoms with van der Waals surface area (Å²) in [7, 11) is -1.80. The average Bonchev–Trinajstić information content (AvgIpc) is 1.82. The fraction of sp³-hybridized carbons (Fsp3) is 1.00. The molecular formula is C4H8O3P. The molecule has 0 N–H and O–H groups in total. The first-order valence-corrected chi connectivity index (χ1v) is 3.49. The molecule has 1 radical (unpaired) electrons. The van der Waals surface area contributed by atoms with E-state index in [4.69, 9.17) is 4.52 Å². The molecule has 47 valence electrons. The van der Waals surface area contributed by atoms with E-state index in [1.54, 1.807) is 0 Å². The van der Waals surface area contributed by atoms with Gasteiger partial charge < -0.3 is 0 Å². The summed E-state index contributed by atoms with van der Waals surface area (Å²) in [5, 5.41) is 0. The summed E-state index contributed by atoms with van der Waals surface area (Å²) in [6.07, 6.45) is 0. The van der Waals surface area contributed by atoms with Gasteiger partial charge in [0.2, 0.25) is 0 Å². The molecule has 1 rings (SSSR count). The van der Waals surface area contributed by atoms with Crippen LogP contribution < -0.4 is 0 Å². The van der Waals surface area contributed by atoms with Gasteiger partial charge in [0, 0.05) is 0 Å². The molecule has 0 aromatic carbocycles. The molecule has 1 saturated heterocycles. The first-order chi connectivity index (χ1) is 3.60. The summed E-state index contributed by atoms with van der Waals surface area (Å²) in [4.78, 5) is 0. The van der Waals surface area contributed by atoms with Crippen molar-refractivity contribution in [1.82, 2.24) is 0 Å². The smallest absolute Gasteiger partial charge is 0.280 e. The van der Waals surface area contributed by atoms with E-state index in [-0.39, 0.29) is 5.60 Å². The van der Waals surface area contributed by atoms with Crippen LogP contribution in [0.4, 0.5) is 0 Å². The van der Waals surface area contributed by atoms with Crippen LogP contribution in [0, 0.1) is 0 Å². The summed E-state index contributed by atoms with van der Waals surface area (Å²) in [5.74, 6) is 0. The lowest BCUT2D eigenvalue weighted by atomic mass is 10.2. The predicted octanol–water partition coefficient (Wildman–Crippen LogP) is 1.47. The molecule has 4 heteroatoms. The molecule has 1 fully saturated rings. The standard InChI is InChI=1S/C4H8O3P/c1-4(2)3-6-8(5)7-4/h3H2,1-2H3. The van der Waals surface area contributed by atoms with E-state index in [0.29, 0.717) is 6.61 Å². The van der Waals surface area contributed by atoms with Crippen molar-refractivity contribution >= 4 is 8.25 Å². The molecule has 8 heavy (non-hydrogen) atoms. The Bertz CT molecular complexity index is 120. The van der Waals surface area contributed by atoms with E-state index in [1.165, 1.54) is 0 Å². The monoisotopic (exact) mass is 135 g/mol. The van der Waals surface area contributed by atoms with Gasteiger partial charge in [-0.05, 0) is 13.8 Å². The maximum Gasteiger partial charge on any atom is 0.369 e. The second-order valence-electron chi connectivity index (χ2n) is 2.35. The van der Waals surface area contributed by atoms with Gasteiger partial charge in [-0.1, -0.05) is 0 Å². The highest BCUT2D eigenvalue weighted by atomic mass is 31.1. The third-order valence-electron chi connectivity index (χ3n) is 0.839. The van der Waals surface area contributed by atoms with Crippen molar-refractivity contribution in [3.63, 3.8) is 0 Å². The molecule has 1 unspecified atom stereocenters. The molecule has 0 aromatic rings. The first kappa shape index (κ1) is 6.14. The van der Waals surface area contributed by atoms with Crippen LogP contribution in [0.1, 0.15) is 13.8 Å². The van der Waals surface area contributed by atoms with Gasteiger partial charge in [-0.3, -0.25) is 9.05 Å². The van der Waals surface area contributed by atoms with Crippen molar-refractivity contribution in [2.45, 2.75) is 19.4 Å². The van der Waals surface area contributed by atoms with Crippen LogP contribution in [-0.4, -0.2) is 12.2 Å². The minimum Gasteiger partial charge on any atom is -0.280 e. The Morgan fingerprint density at radius 2 is 2.25 bits per heavy atom. The fourth-order valence-corrected chi connectivity index (χ4v) is 1.39. The number of hydrogen-bond donors (Lipinski definition) is 0. The third kappa shape index (κ3) is 1.25. The second-order valence-corrected chi connectivity index (χ2v) is 3.24. The highest BCUT2D eigenvalue weighted by molar-refractivity contribution is 7.33. The minimum absolute atomic E-state index is 0.340. The molecule has 0 saturated carbocycles. The van der Waals surface area contributed by atoms with Crippen molar-refractivity contribution in [3.8, 4) is 0 Å². The Morgan fingerprint density at radius 3 is 2.38 bits per heavy atom. The van der Waals surface area contributed by atoms with Crippen molar-refractivity contribution in [2.24, 2.45) is 0 Å². The zero-order valence-corrected chi connectivity index (χ0v) is 5.77. The van der Waals surface area contributed by atoms with E-state index in [0.717, 1.165) is 0 Å². The quantitative estimate of drug-likeness (QED) is 0.472. The molecule has 0 aliphatic carbocycles. The normalized spacial score (nSPS) is 31.0. The van der Waals surface area contributed by atoms with Gasteiger partial charge in [-0.25, -0.2) is 4.57 Å². The molecule has 0 bridgehead atoms. The van der Waals surface area contributed by atoms with Gasteiger partial charge in [-0.2, -0.15) is 0 Å². The Morgan fingerprint density at radius 1 is 1.62 bits per heavy atom. The highest BCUT2D eigenvalue weighted by Gasteiger charge is 2.31. The molecule has 0 spiro atoms. The highest BCUT2D eigenvalue weighted by Crippen LogP contribution is 2.39. The minimum atomic E-state index is -1.80. The summed E-state index contributed by atoms with van der Waals surface area (Å²) < 4.78 is 19.9. The van der Waals surface area contributed by atoms with E-state index in [9.17, 15) is 4.57 Å². The van der Waals surface area contributed by atoms with Crippen LogP contribution in [0.25, 0.3) is 0 Å². The predicted molar refractivity (Wildman–Crippen MR) is 28.7 cm³/mol. The number of rotatable bonds is 0. The average molecular weight is 135 g/mol. The lowest BCUT2D eigenvalue weighted by Crippen LogP contribution is -2.20. The van der Waals surface area contributed by atoms with Gasteiger partial charge in [0.05, 0.1) is 6.61 Å². The zero-order valence-electron chi connectivity index (χ0n) is 4.88. The van der Waals surface area contributed by atoms with Gasteiger partial charge in [-0.15, -0.1) is 0 Å². The molecule has 1 aliphatic heterocycles. The SMILES string of the molecule is CC1(C)CO[P](=O)O1. The van der Waals surface area contributed by atoms with Crippen molar-refractivity contribution in [2.75, 3.05) is 6.61 Å². The van der Waals surface area contributed by atoms with Crippen molar-refractivity contribution in [3.05, 3.63) is 0 Å². The molecular weight excluding hydrogens is 127 g/mol. The zero-order chi connectivity index (χ0) is 6.20. The van der Waals surface area contributed by atoms with E-state index >= 15 is 0 Å². The molecule has 0 aromatic heterocycles. The van der Waals surface area contributed by atoms with E-state index in [1.807, 2.05) is 13.8 Å². The maximum absolute atomic E-state index is 10.4. The Labute approximate surface area is 48.9 Å². The van der Waals surface area contributed by atoms with Crippen LogP contribution in [0.3, 0.4) is 0 Å². The Balaban J connectivity index is 2.56. The van der Waals surface area contributed by atoms with E-state index < -0.39 is 8.25 Å². The van der Waals surface area contributed by atoms with Crippen molar-refractivity contribution < 1.29 is 13.6 Å². The Hall–Kier alpha value is 0.0200. The topological polar surface area (TPSA) is 35.5 Å². The summed E-state index contributed by atoms with van der Waals surface area (Å²) in [6, 6.07) is 0. The molecule has 1 heterocycles. The second kappa shape index (κ2) is 1.76. The summed E-state index contributed by atoms with van der Waals surface area (Å²) in [5.41, 5.74) is -0.340. The van der Waals surface area contributed by atoms with Gasteiger partial charge in [0.25, 0.3) is 0 Å². The molecule has 1 atom stereocenters. The molecule has 1 aliphatic rings. The third-order valence-corrected chi connectivity index (χ3v) is 1.82. The van der Waals surface area contributed by atoms with Crippen LogP contribution in [0.15, 0.2) is 0 Å². The summed E-state index contributed by atoms with van der Waals surface area (Å²) in [6.45, 7) is 4.11. The van der Waals surface area contributed by atoms with Gasteiger partial charge in [0.15, 0.2) is 0 Å². The molecule has 0 amide bonds. The van der Waals surface area contributed by atoms with E-state index in [2.05, 4.69) is 4.52 Å². The Kier molecular flexibility index (Phi) is 1.35. The summed E-state index contributed by atoms with van der Waals surface area (Å²) >= 11 is 0. The van der Waals surface area contributed by atoms with Gasteiger partial charge >= 0.3 is 8.25 Å². The largest absolute Gasteiger partial charge is 0.369 e. The first-order valence-electron chi connectivity index (χ1n) is 2.39. The number of hydrogen-bond acceptors (Lipinski definition) is 3. The fourth-order valence-electron chi connectivity index (χ4n) is 0.463. The lowest BCUT2D eigenvalue weighted by molar-refractivity contribution is 0.140. The van der Waals surface area contributed by atoms with Crippen LogP contribution >= 0.6 is 8.25 Å². The molecule has 3 nitrogen and oxygen atoms in total. The van der Waals surface area contributed by atoms with Crippen LogP contribution in [0.5, 0.6) is 0 Å². The van der Waals surface area contributed by atoms with Gasteiger partial charge in [0.1, 0.15) is 5.60 Å². The van der Waals surface area contributed by atoms with Crippen LogP contribution in [0.2, 0.25) is 0 Å².